The molecule has 0 radical (unpaired) electrons. The van der Waals surface area contributed by atoms with Crippen molar-refractivity contribution in [2.45, 2.75) is 77.9 Å². The Morgan fingerprint density at radius 2 is 1.79 bits per heavy atom. The highest BCUT2D eigenvalue weighted by atomic mass is 16.6. The number of aliphatic hydroxyl groups is 2. The minimum absolute atomic E-state index is 0.0377. The van der Waals surface area contributed by atoms with Gasteiger partial charge in [0.15, 0.2) is 0 Å². The molecule has 7 heteroatoms. The molecule has 6 atom stereocenters. The fraction of sp³-hybridized carbons (Fsp3) is 0.704. The lowest BCUT2D eigenvalue weighted by molar-refractivity contribution is -0.186. The second kappa shape index (κ2) is 9.86. The molecule has 0 spiro atoms. The van der Waals surface area contributed by atoms with Crippen LogP contribution in [-0.2, 0) is 9.53 Å². The lowest BCUT2D eigenvalue weighted by atomic mass is 9.46. The van der Waals surface area contributed by atoms with Crippen molar-refractivity contribution in [3.63, 3.8) is 0 Å². The predicted octanol–water partition coefficient (Wildman–Crippen LogP) is 4.11. The van der Waals surface area contributed by atoms with E-state index in [1.54, 1.807) is 0 Å². The number of carbonyl (C=O) groups excluding carboxylic acids is 2. The summed E-state index contributed by atoms with van der Waals surface area (Å²) in [6.45, 7) is 7.65. The van der Waals surface area contributed by atoms with Gasteiger partial charge in [-0.1, -0.05) is 31.5 Å². The number of amides is 2. The molecule has 1 saturated heterocycles. The summed E-state index contributed by atoms with van der Waals surface area (Å²) in [7, 11) is 0. The van der Waals surface area contributed by atoms with E-state index in [-0.39, 0.29) is 29.8 Å². The van der Waals surface area contributed by atoms with Crippen LogP contribution in [0.4, 0.5) is 10.5 Å². The quantitative estimate of drug-likeness (QED) is 0.599. The first kappa shape index (κ1) is 25.0. The van der Waals surface area contributed by atoms with E-state index in [4.69, 9.17) is 4.74 Å². The van der Waals surface area contributed by atoms with E-state index in [0.717, 1.165) is 44.3 Å². The number of nitrogens with zero attached hydrogens (tertiary/aromatic N) is 1. The Balaban J connectivity index is 1.49. The molecular weight excluding hydrogens is 432 g/mol. The number of likely N-dealkylation sites (tertiary alicyclic amines) is 1. The predicted molar refractivity (Wildman–Crippen MR) is 130 cm³/mol. The van der Waals surface area contributed by atoms with Gasteiger partial charge in [0.25, 0.3) is 0 Å². The van der Waals surface area contributed by atoms with Gasteiger partial charge in [-0.2, -0.15) is 0 Å². The van der Waals surface area contributed by atoms with E-state index in [1.807, 2.05) is 43.0 Å². The number of fused-ring (bicyclic) bond motifs is 1. The average Bonchev–Trinajstić information content (AvgIpc) is 3.35. The summed E-state index contributed by atoms with van der Waals surface area (Å²) in [6, 6.07) is 7.53. The van der Waals surface area contributed by atoms with Gasteiger partial charge in [0.1, 0.15) is 6.10 Å². The molecule has 3 N–H and O–H groups in total. The molecule has 0 unspecified atom stereocenters. The van der Waals surface area contributed by atoms with Gasteiger partial charge in [-0.15, -0.1) is 0 Å². The van der Waals surface area contributed by atoms with Gasteiger partial charge in [-0.3, -0.25) is 10.1 Å². The van der Waals surface area contributed by atoms with Gasteiger partial charge in [0, 0.05) is 30.6 Å². The molecule has 1 aliphatic heterocycles. The monoisotopic (exact) mass is 472 g/mol. The Hall–Kier alpha value is -2.12. The number of nitrogens with one attached hydrogen (secondary N) is 1. The van der Waals surface area contributed by atoms with Gasteiger partial charge in [-0.05, 0) is 74.8 Å². The number of carbonyl (C=O) groups is 2. The molecule has 1 heterocycles. The molecule has 2 amide bonds. The zero-order valence-electron chi connectivity index (χ0n) is 20.8. The Bertz CT molecular complexity index is 884. The van der Waals surface area contributed by atoms with Crippen molar-refractivity contribution in [2.75, 3.05) is 25.0 Å². The number of aliphatic hydroxyl groups excluding tert-OH is 2. The van der Waals surface area contributed by atoms with Crippen molar-refractivity contribution in [1.82, 2.24) is 4.90 Å². The van der Waals surface area contributed by atoms with E-state index >= 15 is 0 Å². The second-order valence-corrected chi connectivity index (χ2v) is 11.2. The number of benzene rings is 1. The Labute approximate surface area is 202 Å². The van der Waals surface area contributed by atoms with Gasteiger partial charge in [0.05, 0.1) is 12.7 Å². The van der Waals surface area contributed by atoms with Gasteiger partial charge < -0.3 is 19.8 Å². The van der Waals surface area contributed by atoms with E-state index in [9.17, 15) is 19.8 Å². The maximum atomic E-state index is 13.0. The standard InChI is InChI=1S/C27H40N2O5/c1-18-6-8-19(9-7-18)28-25(33)34-23-12-13-26(2)20(16-24(32)29-14-4-5-15-29)21(31)10-11-22(26)27(23,3)17-30/h6-9,20-23,30-31H,4-5,10-17H2,1-3H3,(H,28,33)/t20-,21-,22+,23+,26-,27+/m1/s1. The molecular formula is C27H40N2O5. The normalized spacial score (nSPS) is 35.5. The number of aryl methyl sites for hydroxylation is 1. The maximum absolute atomic E-state index is 13.0. The molecule has 2 saturated carbocycles. The molecule has 3 fully saturated rings. The summed E-state index contributed by atoms with van der Waals surface area (Å²) in [6.07, 6.45) is 3.61. The van der Waals surface area contributed by atoms with E-state index in [1.165, 1.54) is 0 Å². The largest absolute Gasteiger partial charge is 0.445 e. The Kier molecular flexibility index (Phi) is 7.25. The first-order valence-corrected chi connectivity index (χ1v) is 12.8. The summed E-state index contributed by atoms with van der Waals surface area (Å²) in [5.74, 6) is 0.00763. The van der Waals surface area contributed by atoms with E-state index in [2.05, 4.69) is 12.2 Å². The van der Waals surface area contributed by atoms with Crippen LogP contribution in [0.2, 0.25) is 0 Å². The van der Waals surface area contributed by atoms with Crippen molar-refractivity contribution in [3.05, 3.63) is 29.8 Å². The Morgan fingerprint density at radius 1 is 1.12 bits per heavy atom. The molecule has 0 bridgehead atoms. The third kappa shape index (κ3) is 4.69. The molecule has 1 aromatic carbocycles. The van der Waals surface area contributed by atoms with Crippen molar-refractivity contribution in [2.24, 2.45) is 22.7 Å². The van der Waals surface area contributed by atoms with Crippen LogP contribution in [0, 0.1) is 29.6 Å². The number of rotatable bonds is 5. The highest BCUT2D eigenvalue weighted by Crippen LogP contribution is 2.61. The minimum Gasteiger partial charge on any atom is -0.445 e. The smallest absolute Gasteiger partial charge is 0.411 e. The molecule has 4 rings (SSSR count). The Morgan fingerprint density at radius 3 is 2.44 bits per heavy atom. The van der Waals surface area contributed by atoms with Crippen LogP contribution in [0.1, 0.15) is 64.4 Å². The highest BCUT2D eigenvalue weighted by Gasteiger charge is 2.60. The number of hydrogen-bond acceptors (Lipinski definition) is 5. The second-order valence-electron chi connectivity index (χ2n) is 11.2. The van der Waals surface area contributed by atoms with E-state index < -0.39 is 23.7 Å². The summed E-state index contributed by atoms with van der Waals surface area (Å²) in [5.41, 5.74) is 0.823. The van der Waals surface area contributed by atoms with Crippen molar-refractivity contribution >= 4 is 17.7 Å². The molecule has 188 valence electrons. The maximum Gasteiger partial charge on any atom is 0.411 e. The van der Waals surface area contributed by atoms with Gasteiger partial charge in [0.2, 0.25) is 5.91 Å². The van der Waals surface area contributed by atoms with Crippen molar-refractivity contribution < 1.29 is 24.5 Å². The molecule has 2 aliphatic carbocycles. The van der Waals surface area contributed by atoms with Gasteiger partial charge in [-0.25, -0.2) is 4.79 Å². The van der Waals surface area contributed by atoms with Gasteiger partial charge >= 0.3 is 6.09 Å². The van der Waals surface area contributed by atoms with Crippen LogP contribution < -0.4 is 5.32 Å². The molecule has 1 aromatic rings. The molecule has 3 aliphatic rings. The first-order valence-electron chi connectivity index (χ1n) is 12.8. The zero-order chi connectivity index (χ0) is 24.5. The summed E-state index contributed by atoms with van der Waals surface area (Å²) in [4.78, 5) is 27.6. The zero-order valence-corrected chi connectivity index (χ0v) is 20.8. The van der Waals surface area contributed by atoms with Crippen LogP contribution in [0.5, 0.6) is 0 Å². The van der Waals surface area contributed by atoms with Crippen LogP contribution in [0.25, 0.3) is 0 Å². The average molecular weight is 473 g/mol. The third-order valence-electron chi connectivity index (χ3n) is 9.08. The van der Waals surface area contributed by atoms with Crippen LogP contribution in [-0.4, -0.2) is 59.0 Å². The fourth-order valence-corrected chi connectivity index (χ4v) is 6.98. The first-order chi connectivity index (χ1) is 16.2. The third-order valence-corrected chi connectivity index (χ3v) is 9.08. The fourth-order valence-electron chi connectivity index (χ4n) is 6.98. The summed E-state index contributed by atoms with van der Waals surface area (Å²) < 4.78 is 5.90. The highest BCUT2D eigenvalue weighted by molar-refractivity contribution is 5.84. The van der Waals surface area contributed by atoms with Crippen LogP contribution in [0.15, 0.2) is 24.3 Å². The lowest BCUT2D eigenvalue weighted by Gasteiger charge is -2.60. The van der Waals surface area contributed by atoms with E-state index in [0.29, 0.717) is 24.9 Å². The number of anilines is 1. The van der Waals surface area contributed by atoms with Crippen molar-refractivity contribution in [1.29, 1.82) is 0 Å². The van der Waals surface area contributed by atoms with Crippen LogP contribution in [0.3, 0.4) is 0 Å². The number of ether oxygens (including phenoxy) is 1. The summed E-state index contributed by atoms with van der Waals surface area (Å²) in [5, 5.41) is 24.3. The summed E-state index contributed by atoms with van der Waals surface area (Å²) >= 11 is 0. The molecule has 0 aromatic heterocycles. The SMILES string of the molecule is Cc1ccc(NC(=O)O[C@H]2CC[C@@]3(C)[C@H](CC[C@@H](O)[C@H]3CC(=O)N3CCCC3)[C@]2(C)CO)cc1. The minimum atomic E-state index is -0.646. The molecule has 7 nitrogen and oxygen atoms in total. The van der Waals surface area contributed by atoms with Crippen molar-refractivity contribution in [3.8, 4) is 0 Å². The lowest BCUT2D eigenvalue weighted by Crippen LogP contribution is -2.61. The molecule has 34 heavy (non-hydrogen) atoms. The number of hydrogen-bond donors (Lipinski definition) is 3. The van der Waals surface area contributed by atoms with Crippen LogP contribution >= 0.6 is 0 Å². The topological polar surface area (TPSA) is 99.1 Å².